The molecule has 6 rings (SSSR count). The minimum atomic E-state index is -0.673. The molecule has 2 N–H and O–H groups in total. The molecule has 0 aliphatic carbocycles. The molecule has 9 nitrogen and oxygen atoms in total. The van der Waals surface area contributed by atoms with Crippen molar-refractivity contribution >= 4 is 56.8 Å². The Kier molecular flexibility index (Phi) is 11.4. The summed E-state index contributed by atoms with van der Waals surface area (Å²) in [6.07, 6.45) is 0. The highest BCUT2D eigenvalue weighted by molar-refractivity contribution is 9.10. The second-order valence-electron chi connectivity index (χ2n) is 11.5. The second kappa shape index (κ2) is 16.1. The summed E-state index contributed by atoms with van der Waals surface area (Å²) in [5.41, 5.74) is 5.60. The van der Waals surface area contributed by atoms with Gasteiger partial charge in [0.05, 0.1) is 28.9 Å². The SMILES string of the molecule is CCOc1ccccc1NC(=O)C1=C(C)Nc2nc(SCc3ccccc3Cl)nn2C1c1cc(Br)c(OCc2ccccc2C)c(OCC)c1. The fourth-order valence-corrected chi connectivity index (χ4v) is 7.35. The Balaban J connectivity index is 1.40. The number of thioether (sulfide) groups is 1. The molecule has 12 heteroatoms. The van der Waals surface area contributed by atoms with E-state index in [0.29, 0.717) is 80.4 Å². The zero-order chi connectivity index (χ0) is 35.2. The summed E-state index contributed by atoms with van der Waals surface area (Å²) in [5, 5.41) is 12.6. The van der Waals surface area contributed by atoms with Crippen LogP contribution in [0.15, 0.2) is 106 Å². The summed E-state index contributed by atoms with van der Waals surface area (Å²) in [6, 6.07) is 26.4. The summed E-state index contributed by atoms with van der Waals surface area (Å²) in [4.78, 5) is 19.1. The number of anilines is 2. The third-order valence-electron chi connectivity index (χ3n) is 8.11. The average Bonchev–Trinajstić information content (AvgIpc) is 3.51. The van der Waals surface area contributed by atoms with E-state index in [1.807, 2.05) is 99.6 Å². The number of allylic oxidation sites excluding steroid dienone is 1. The number of halogens is 2. The highest BCUT2D eigenvalue weighted by atomic mass is 79.9. The molecule has 0 spiro atoms. The third-order valence-corrected chi connectivity index (χ3v) is 9.95. The molecule has 50 heavy (non-hydrogen) atoms. The monoisotopic (exact) mass is 773 g/mol. The first kappa shape index (κ1) is 35.4. The summed E-state index contributed by atoms with van der Waals surface area (Å²) >= 11 is 11.7. The van der Waals surface area contributed by atoms with Gasteiger partial charge in [0.2, 0.25) is 11.1 Å². The van der Waals surface area contributed by atoms with Gasteiger partial charge in [0.1, 0.15) is 18.4 Å². The molecule has 1 unspecified atom stereocenters. The van der Waals surface area contributed by atoms with Gasteiger partial charge in [-0.3, -0.25) is 4.79 Å². The van der Waals surface area contributed by atoms with Crippen molar-refractivity contribution in [3.63, 3.8) is 0 Å². The van der Waals surface area contributed by atoms with Crippen LogP contribution < -0.4 is 24.8 Å². The van der Waals surface area contributed by atoms with Gasteiger partial charge in [-0.1, -0.05) is 78.0 Å². The van der Waals surface area contributed by atoms with E-state index in [2.05, 4.69) is 39.6 Å². The highest BCUT2D eigenvalue weighted by Gasteiger charge is 2.36. The molecule has 0 saturated heterocycles. The van der Waals surface area contributed by atoms with Gasteiger partial charge in [-0.2, -0.15) is 4.98 Å². The zero-order valence-corrected chi connectivity index (χ0v) is 31.3. The lowest BCUT2D eigenvalue weighted by atomic mass is 9.94. The van der Waals surface area contributed by atoms with Gasteiger partial charge in [0, 0.05) is 16.5 Å². The number of hydrogen-bond acceptors (Lipinski definition) is 8. The van der Waals surface area contributed by atoms with E-state index < -0.39 is 6.04 Å². The number of rotatable bonds is 13. The van der Waals surface area contributed by atoms with Crippen LogP contribution >= 0.6 is 39.3 Å². The van der Waals surface area contributed by atoms with Gasteiger partial charge >= 0.3 is 0 Å². The van der Waals surface area contributed by atoms with Crippen molar-refractivity contribution in [1.29, 1.82) is 0 Å². The standard InChI is InChI=1S/C38H37BrClN5O4S/c1-5-47-31-18-12-11-17-30(31)42-36(46)33-24(4)41-37-43-38(50-22-26-15-9-10-16-29(26)40)44-45(37)34(33)27-19-28(39)35(32(20-27)48-6-2)49-21-25-14-8-7-13-23(25)3/h7-20,34H,5-6,21-22H2,1-4H3,(H,42,46)(H,41,43,44). The van der Waals surface area contributed by atoms with Crippen LogP contribution in [0.4, 0.5) is 11.6 Å². The van der Waals surface area contributed by atoms with Crippen molar-refractivity contribution in [2.45, 2.75) is 51.3 Å². The zero-order valence-electron chi connectivity index (χ0n) is 28.1. The first-order valence-electron chi connectivity index (χ1n) is 16.2. The van der Waals surface area contributed by atoms with E-state index in [-0.39, 0.29) is 5.91 Å². The molecule has 258 valence electrons. The first-order chi connectivity index (χ1) is 24.3. The van der Waals surface area contributed by atoms with Crippen molar-refractivity contribution in [3.8, 4) is 17.2 Å². The van der Waals surface area contributed by atoms with Crippen LogP contribution in [0.2, 0.25) is 5.02 Å². The van der Waals surface area contributed by atoms with Crippen molar-refractivity contribution in [2.24, 2.45) is 0 Å². The number of aryl methyl sites for hydroxylation is 1. The van der Waals surface area contributed by atoms with Crippen LogP contribution in [0.25, 0.3) is 0 Å². The second-order valence-corrected chi connectivity index (χ2v) is 13.7. The van der Waals surface area contributed by atoms with E-state index in [0.717, 1.165) is 22.3 Å². The van der Waals surface area contributed by atoms with Crippen LogP contribution in [0.1, 0.15) is 49.1 Å². The molecule has 0 bridgehead atoms. The van der Waals surface area contributed by atoms with E-state index >= 15 is 0 Å². The van der Waals surface area contributed by atoms with Gasteiger partial charge in [0.25, 0.3) is 5.91 Å². The number of ether oxygens (including phenoxy) is 3. The van der Waals surface area contributed by atoms with Crippen LogP contribution in [-0.2, 0) is 17.2 Å². The molecule has 0 radical (unpaired) electrons. The number of aromatic nitrogens is 3. The molecule has 1 atom stereocenters. The average molecular weight is 775 g/mol. The Morgan fingerprint density at radius 2 is 1.64 bits per heavy atom. The fourth-order valence-electron chi connectivity index (χ4n) is 5.66. The maximum Gasteiger partial charge on any atom is 0.255 e. The van der Waals surface area contributed by atoms with Crippen LogP contribution in [0.5, 0.6) is 17.2 Å². The lowest BCUT2D eigenvalue weighted by Gasteiger charge is -2.29. The van der Waals surface area contributed by atoms with Gasteiger partial charge in [0.15, 0.2) is 11.5 Å². The lowest BCUT2D eigenvalue weighted by Crippen LogP contribution is -2.31. The fraction of sp³-hybridized carbons (Fsp3) is 0.237. The number of benzene rings is 4. The first-order valence-corrected chi connectivity index (χ1v) is 18.4. The van der Waals surface area contributed by atoms with E-state index in [4.69, 9.17) is 35.9 Å². The normalized spacial score (nSPS) is 13.8. The topological polar surface area (TPSA) is 99.5 Å². The molecule has 2 heterocycles. The molecule has 0 fully saturated rings. The number of carbonyl (C=O) groups is 1. The Morgan fingerprint density at radius 1 is 0.940 bits per heavy atom. The summed E-state index contributed by atoms with van der Waals surface area (Å²) < 4.78 is 20.7. The quantitative estimate of drug-likeness (QED) is 0.114. The number of amides is 1. The van der Waals surface area contributed by atoms with Crippen LogP contribution in [0.3, 0.4) is 0 Å². The van der Waals surface area contributed by atoms with Crippen molar-refractivity contribution in [1.82, 2.24) is 14.8 Å². The highest BCUT2D eigenvalue weighted by Crippen LogP contribution is 2.44. The Morgan fingerprint density at radius 3 is 2.40 bits per heavy atom. The molecule has 1 aliphatic rings. The van der Waals surface area contributed by atoms with Gasteiger partial charge in [-0.05, 0) is 96.2 Å². The molecular formula is C38H37BrClN5O4S. The predicted molar refractivity (Wildman–Crippen MR) is 203 cm³/mol. The molecule has 1 aromatic heterocycles. The Hall–Kier alpha value is -4.45. The molecule has 4 aromatic carbocycles. The number of carbonyl (C=O) groups excluding carboxylic acids is 1. The predicted octanol–water partition coefficient (Wildman–Crippen LogP) is 9.60. The maximum absolute atomic E-state index is 14.3. The number of fused-ring (bicyclic) bond motifs is 1. The minimum Gasteiger partial charge on any atom is -0.492 e. The van der Waals surface area contributed by atoms with E-state index in [9.17, 15) is 4.79 Å². The minimum absolute atomic E-state index is 0.312. The summed E-state index contributed by atoms with van der Waals surface area (Å²) in [6.45, 7) is 8.99. The van der Waals surface area contributed by atoms with Gasteiger partial charge in [-0.15, -0.1) is 5.10 Å². The van der Waals surface area contributed by atoms with Crippen molar-refractivity contribution < 1.29 is 19.0 Å². The Labute approximate surface area is 309 Å². The largest absolute Gasteiger partial charge is 0.492 e. The molecule has 0 saturated carbocycles. The maximum atomic E-state index is 14.3. The van der Waals surface area contributed by atoms with Gasteiger partial charge < -0.3 is 24.8 Å². The third kappa shape index (κ3) is 7.80. The molecule has 1 amide bonds. The lowest BCUT2D eigenvalue weighted by molar-refractivity contribution is -0.113. The van der Waals surface area contributed by atoms with E-state index in [1.54, 1.807) is 4.68 Å². The van der Waals surface area contributed by atoms with Gasteiger partial charge in [-0.25, -0.2) is 4.68 Å². The summed E-state index contributed by atoms with van der Waals surface area (Å²) in [7, 11) is 0. The number of nitrogens with one attached hydrogen (secondary N) is 2. The smallest absolute Gasteiger partial charge is 0.255 e. The summed E-state index contributed by atoms with van der Waals surface area (Å²) in [5.74, 6) is 2.47. The molecule has 5 aromatic rings. The number of para-hydroxylation sites is 2. The molecular weight excluding hydrogens is 738 g/mol. The molecule has 1 aliphatic heterocycles. The van der Waals surface area contributed by atoms with Crippen molar-refractivity contribution in [2.75, 3.05) is 23.8 Å². The van der Waals surface area contributed by atoms with E-state index in [1.165, 1.54) is 11.8 Å². The Bertz CT molecular complexity index is 2050. The van der Waals surface area contributed by atoms with Crippen molar-refractivity contribution in [3.05, 3.63) is 128 Å². The number of nitrogens with zero attached hydrogens (tertiary/aromatic N) is 3. The van der Waals surface area contributed by atoms with Crippen LogP contribution in [-0.4, -0.2) is 33.9 Å². The number of hydrogen-bond donors (Lipinski definition) is 2. The van der Waals surface area contributed by atoms with Crippen LogP contribution in [0, 0.1) is 6.92 Å².